The SMILES string of the molecule is COC(=O)[C@H](CCSC)NC(=O)c1ccc(CNC/C(=C/c2ccco2)c2ccccc2)cc1-c1ccccc1C. The molecule has 3 aromatic carbocycles. The smallest absolute Gasteiger partial charge is 0.328 e. The van der Waals surface area contributed by atoms with E-state index in [0.717, 1.165) is 44.9 Å². The van der Waals surface area contributed by atoms with E-state index in [0.29, 0.717) is 25.1 Å². The van der Waals surface area contributed by atoms with Crippen molar-refractivity contribution >= 4 is 35.3 Å². The summed E-state index contributed by atoms with van der Waals surface area (Å²) in [7, 11) is 1.34. The van der Waals surface area contributed by atoms with Crippen molar-refractivity contribution in [1.29, 1.82) is 0 Å². The number of thioether (sulfide) groups is 1. The number of rotatable bonds is 13. The minimum atomic E-state index is -0.705. The van der Waals surface area contributed by atoms with Gasteiger partial charge in [-0.1, -0.05) is 60.7 Å². The lowest BCUT2D eigenvalue weighted by atomic mass is 9.93. The van der Waals surface area contributed by atoms with Gasteiger partial charge in [-0.2, -0.15) is 11.8 Å². The van der Waals surface area contributed by atoms with E-state index in [9.17, 15) is 9.59 Å². The molecular weight excluding hydrogens is 532 g/mol. The fourth-order valence-corrected chi connectivity index (χ4v) is 5.11. The predicted molar refractivity (Wildman–Crippen MR) is 168 cm³/mol. The molecule has 0 saturated carbocycles. The zero-order chi connectivity index (χ0) is 29.0. The Kier molecular flexibility index (Phi) is 11.0. The van der Waals surface area contributed by atoms with E-state index >= 15 is 0 Å². The topological polar surface area (TPSA) is 80.6 Å². The Morgan fingerprint density at radius 2 is 1.76 bits per heavy atom. The van der Waals surface area contributed by atoms with Gasteiger partial charge in [0.2, 0.25) is 0 Å². The minimum absolute atomic E-state index is 0.299. The van der Waals surface area contributed by atoms with Crippen LogP contribution in [0.25, 0.3) is 22.8 Å². The van der Waals surface area contributed by atoms with Gasteiger partial charge in [0.15, 0.2) is 0 Å². The van der Waals surface area contributed by atoms with Gasteiger partial charge in [0.05, 0.1) is 13.4 Å². The first-order valence-corrected chi connectivity index (χ1v) is 15.0. The van der Waals surface area contributed by atoms with Crippen LogP contribution in [0.15, 0.2) is 95.6 Å². The fraction of sp³-hybridized carbons (Fsp3) is 0.235. The van der Waals surface area contributed by atoms with E-state index in [1.54, 1.807) is 18.0 Å². The molecule has 2 N–H and O–H groups in total. The van der Waals surface area contributed by atoms with Crippen molar-refractivity contribution in [3.05, 3.63) is 119 Å². The van der Waals surface area contributed by atoms with E-state index in [2.05, 4.69) is 28.8 Å². The number of ether oxygens (including phenoxy) is 1. The Morgan fingerprint density at radius 1 is 0.976 bits per heavy atom. The maximum atomic E-state index is 13.5. The summed E-state index contributed by atoms with van der Waals surface area (Å²) in [5.74, 6) is 0.786. The number of hydrogen-bond acceptors (Lipinski definition) is 6. The molecular formula is C34H36N2O4S. The molecule has 1 amide bonds. The van der Waals surface area contributed by atoms with Crippen molar-refractivity contribution in [1.82, 2.24) is 10.6 Å². The van der Waals surface area contributed by atoms with Gasteiger partial charge in [-0.05, 0) is 89.1 Å². The van der Waals surface area contributed by atoms with Crippen LogP contribution in [-0.4, -0.2) is 43.6 Å². The van der Waals surface area contributed by atoms with Crippen molar-refractivity contribution in [3.63, 3.8) is 0 Å². The quantitative estimate of drug-likeness (QED) is 0.177. The van der Waals surface area contributed by atoms with Crippen LogP contribution in [0.3, 0.4) is 0 Å². The van der Waals surface area contributed by atoms with Crippen molar-refractivity contribution in [2.45, 2.75) is 25.9 Å². The summed E-state index contributed by atoms with van der Waals surface area (Å²) in [4.78, 5) is 25.9. The van der Waals surface area contributed by atoms with E-state index in [1.165, 1.54) is 7.11 Å². The summed E-state index contributed by atoms with van der Waals surface area (Å²) in [5, 5.41) is 6.46. The highest BCUT2D eigenvalue weighted by Crippen LogP contribution is 2.29. The van der Waals surface area contributed by atoms with Gasteiger partial charge in [0, 0.05) is 18.7 Å². The first-order chi connectivity index (χ1) is 20.0. The highest BCUT2D eigenvalue weighted by atomic mass is 32.2. The summed E-state index contributed by atoms with van der Waals surface area (Å²) in [6.45, 7) is 3.26. The van der Waals surface area contributed by atoms with Gasteiger partial charge in [-0.25, -0.2) is 4.79 Å². The summed E-state index contributed by atoms with van der Waals surface area (Å²) in [6.07, 6.45) is 6.18. The van der Waals surface area contributed by atoms with Gasteiger partial charge in [-0.3, -0.25) is 4.79 Å². The summed E-state index contributed by atoms with van der Waals surface area (Å²) in [6, 6.07) is 27.2. The highest BCUT2D eigenvalue weighted by molar-refractivity contribution is 7.98. The fourth-order valence-electron chi connectivity index (χ4n) is 4.64. The number of carbonyl (C=O) groups excluding carboxylic acids is 2. The van der Waals surface area contributed by atoms with Crippen LogP contribution in [0.5, 0.6) is 0 Å². The summed E-state index contributed by atoms with van der Waals surface area (Å²) in [5.41, 5.74) is 6.64. The molecule has 0 aliphatic carbocycles. The second-order valence-corrected chi connectivity index (χ2v) is 10.7. The Bertz CT molecular complexity index is 1470. The van der Waals surface area contributed by atoms with Crippen LogP contribution in [-0.2, 0) is 16.1 Å². The molecule has 0 aliphatic heterocycles. The summed E-state index contributed by atoms with van der Waals surface area (Å²) < 4.78 is 10.5. The maximum absolute atomic E-state index is 13.5. The van der Waals surface area contributed by atoms with Gasteiger partial charge in [0.1, 0.15) is 11.8 Å². The summed E-state index contributed by atoms with van der Waals surface area (Å²) >= 11 is 1.62. The molecule has 1 heterocycles. The van der Waals surface area contributed by atoms with Gasteiger partial charge in [0.25, 0.3) is 5.91 Å². The number of amides is 1. The molecule has 1 aromatic heterocycles. The highest BCUT2D eigenvalue weighted by Gasteiger charge is 2.24. The molecule has 212 valence electrons. The molecule has 6 nitrogen and oxygen atoms in total. The number of hydrogen-bond donors (Lipinski definition) is 2. The van der Waals surface area contributed by atoms with Crippen molar-refractivity contribution in [3.8, 4) is 11.1 Å². The maximum Gasteiger partial charge on any atom is 0.328 e. The first-order valence-electron chi connectivity index (χ1n) is 13.6. The molecule has 4 aromatic rings. The van der Waals surface area contributed by atoms with Gasteiger partial charge in [-0.15, -0.1) is 0 Å². The zero-order valence-electron chi connectivity index (χ0n) is 23.7. The molecule has 41 heavy (non-hydrogen) atoms. The average Bonchev–Trinajstić information content (AvgIpc) is 3.52. The van der Waals surface area contributed by atoms with Crippen molar-refractivity contribution < 1.29 is 18.7 Å². The number of benzene rings is 3. The Hall–Kier alpha value is -4.07. The molecule has 1 atom stereocenters. The Balaban J connectivity index is 1.58. The third kappa shape index (κ3) is 8.22. The number of methoxy groups -OCH3 is 1. The Labute approximate surface area is 246 Å². The molecule has 0 saturated heterocycles. The number of esters is 1. The number of carbonyl (C=O) groups is 2. The molecule has 0 spiro atoms. The second kappa shape index (κ2) is 15.1. The van der Waals surface area contributed by atoms with Crippen LogP contribution >= 0.6 is 11.8 Å². The number of nitrogens with one attached hydrogen (secondary N) is 2. The minimum Gasteiger partial charge on any atom is -0.467 e. The number of furan rings is 1. The van der Waals surface area contributed by atoms with Gasteiger partial charge >= 0.3 is 5.97 Å². The molecule has 0 radical (unpaired) electrons. The van der Waals surface area contributed by atoms with Crippen LogP contribution in [0.1, 0.15) is 39.2 Å². The standard InChI is InChI=1S/C34H36N2O4S/c1-24-10-7-8-14-29(24)31-20-25(15-16-30(31)33(37)36-32(17-19-41-3)34(38)39-2)22-35-23-27(21-28-13-9-18-40-28)26-11-5-4-6-12-26/h4-16,18,20-21,32,35H,17,19,22-23H2,1-3H3,(H,36,37)/b27-21-/t32-/m0/s1. The molecule has 0 aliphatic rings. The van der Waals surface area contributed by atoms with Crippen LogP contribution in [0.2, 0.25) is 0 Å². The third-order valence-electron chi connectivity index (χ3n) is 6.81. The van der Waals surface area contributed by atoms with Crippen LogP contribution in [0.4, 0.5) is 0 Å². The lowest BCUT2D eigenvalue weighted by Gasteiger charge is -2.19. The van der Waals surface area contributed by atoms with Crippen molar-refractivity contribution in [2.24, 2.45) is 0 Å². The van der Waals surface area contributed by atoms with E-state index in [4.69, 9.17) is 9.15 Å². The molecule has 0 unspecified atom stereocenters. The van der Waals surface area contributed by atoms with Crippen molar-refractivity contribution in [2.75, 3.05) is 25.7 Å². The second-order valence-electron chi connectivity index (χ2n) is 9.68. The van der Waals surface area contributed by atoms with E-state index in [-0.39, 0.29) is 5.91 Å². The lowest BCUT2D eigenvalue weighted by molar-refractivity contribution is -0.142. The van der Waals surface area contributed by atoms with Gasteiger partial charge < -0.3 is 19.8 Å². The normalized spacial score (nSPS) is 12.1. The van der Waals surface area contributed by atoms with Crippen LogP contribution < -0.4 is 10.6 Å². The largest absolute Gasteiger partial charge is 0.467 e. The number of aryl methyl sites for hydroxylation is 1. The molecule has 7 heteroatoms. The average molecular weight is 569 g/mol. The monoisotopic (exact) mass is 568 g/mol. The van der Waals surface area contributed by atoms with E-state index in [1.807, 2.05) is 86.0 Å². The first kappa shape index (κ1) is 29.9. The molecule has 0 bridgehead atoms. The lowest BCUT2D eigenvalue weighted by Crippen LogP contribution is -2.42. The zero-order valence-corrected chi connectivity index (χ0v) is 24.5. The van der Waals surface area contributed by atoms with Crippen LogP contribution in [0, 0.1) is 6.92 Å². The third-order valence-corrected chi connectivity index (χ3v) is 7.46. The van der Waals surface area contributed by atoms with E-state index < -0.39 is 12.0 Å². The molecule has 0 fully saturated rings. The Morgan fingerprint density at radius 3 is 2.46 bits per heavy atom. The predicted octanol–water partition coefficient (Wildman–Crippen LogP) is 6.61. The molecule has 4 rings (SSSR count).